The molecule has 1 aromatic heterocycles. The number of rotatable bonds is 11. The second-order valence-corrected chi connectivity index (χ2v) is 25.2. The highest BCUT2D eigenvalue weighted by molar-refractivity contribution is 6.10. The molecule has 4 heteroatoms. The predicted octanol–water partition coefficient (Wildman–Crippen LogP) is 17.4. The molecule has 4 fully saturated rings. The Labute approximate surface area is 392 Å². The van der Waals surface area contributed by atoms with Crippen LogP contribution in [0.3, 0.4) is 0 Å². The van der Waals surface area contributed by atoms with Gasteiger partial charge in [-0.25, -0.2) is 4.99 Å². The lowest BCUT2D eigenvalue weighted by molar-refractivity contribution is 0.210. The Bertz CT molecular complexity index is 2030. The van der Waals surface area contributed by atoms with E-state index in [4.69, 9.17) is 9.73 Å². The second kappa shape index (κ2) is 20.0. The van der Waals surface area contributed by atoms with Gasteiger partial charge in [0.15, 0.2) is 5.76 Å². The van der Waals surface area contributed by atoms with E-state index in [-0.39, 0.29) is 22.7 Å². The molecule has 0 saturated heterocycles. The van der Waals surface area contributed by atoms with Crippen LogP contribution < -0.4 is 4.74 Å². The fourth-order valence-corrected chi connectivity index (χ4v) is 13.7. The van der Waals surface area contributed by atoms with Gasteiger partial charge < -0.3 is 9.72 Å². The SMILES string of the molecule is CC(C)C1CCCCC1C1=N/C(=C(/Oc2cc(C(C)(C)C)cc(C(C)(C)C)c2)c2[nH]c(C3CCCCC3C(C)C)cc2C2CCCCC2C(C)C)C(C2CCCCC2C(C)C)=C1C#N. The molecule has 0 radical (unpaired) electrons. The average molecular weight is 870 g/mol. The lowest BCUT2D eigenvalue weighted by Crippen LogP contribution is -2.31. The first-order valence-corrected chi connectivity index (χ1v) is 26.8. The summed E-state index contributed by atoms with van der Waals surface area (Å²) in [5.74, 6) is 7.83. The van der Waals surface area contributed by atoms with Crippen LogP contribution in [0.15, 0.2) is 46.1 Å². The third-order valence-electron chi connectivity index (χ3n) is 17.5. The summed E-state index contributed by atoms with van der Waals surface area (Å²) in [5.41, 5.74) is 10.7. The van der Waals surface area contributed by atoms with E-state index in [2.05, 4.69) is 132 Å². The van der Waals surface area contributed by atoms with E-state index in [1.165, 1.54) is 118 Å². The standard InChI is InChI=1S/C60H91N3O/c1-36(2)43-23-15-19-27-47(43)51-34-53(48-28-20-16-24-44(48)37(3)4)62-56(51)58(64-42-32-40(59(9,10)11)31-41(33-42)60(12,13)14)57-54(49-29-21-17-25-45(49)38(5)6)52(35-61)55(63-57)50-30-22-18-26-46(50)39(7)8/h31-34,36-39,43-50,62H,15-30H2,1-14H3/b58-57+. The topological polar surface area (TPSA) is 61.2 Å². The quantitative estimate of drug-likeness (QED) is 0.229. The van der Waals surface area contributed by atoms with Gasteiger partial charge in [0.1, 0.15) is 17.5 Å². The van der Waals surface area contributed by atoms with Crippen molar-refractivity contribution < 1.29 is 4.74 Å². The molecule has 352 valence electrons. The fourth-order valence-electron chi connectivity index (χ4n) is 13.7. The molecule has 5 aliphatic rings. The highest BCUT2D eigenvalue weighted by Gasteiger charge is 2.44. The van der Waals surface area contributed by atoms with Crippen molar-refractivity contribution in [2.24, 2.45) is 64.2 Å². The molecular weight excluding hydrogens is 779 g/mol. The maximum Gasteiger partial charge on any atom is 0.177 e. The molecule has 2 aromatic rings. The van der Waals surface area contributed by atoms with E-state index in [0.29, 0.717) is 59.2 Å². The molecule has 4 aliphatic carbocycles. The van der Waals surface area contributed by atoms with Gasteiger partial charge >= 0.3 is 0 Å². The number of nitrogens with one attached hydrogen (secondary N) is 1. The molecule has 1 N–H and O–H groups in total. The minimum absolute atomic E-state index is 0.0615. The van der Waals surface area contributed by atoms with Crippen LogP contribution in [0.25, 0.3) is 5.76 Å². The maximum absolute atomic E-state index is 11.7. The number of H-pyrrole nitrogens is 1. The Hall–Kier alpha value is -3.06. The summed E-state index contributed by atoms with van der Waals surface area (Å²) in [4.78, 5) is 10.4. The Balaban J connectivity index is 1.59. The molecule has 8 atom stereocenters. The lowest BCUT2D eigenvalue weighted by Gasteiger charge is -2.37. The number of aliphatic imine (C=N–C) groups is 1. The average Bonchev–Trinajstić information content (AvgIpc) is 3.87. The highest BCUT2D eigenvalue weighted by atomic mass is 16.5. The summed E-state index contributed by atoms with van der Waals surface area (Å²) in [5, 5.41) is 11.7. The third-order valence-corrected chi connectivity index (χ3v) is 17.5. The van der Waals surface area contributed by atoms with Crippen molar-refractivity contribution in [3.05, 3.63) is 69.2 Å². The van der Waals surface area contributed by atoms with Gasteiger partial charge in [-0.15, -0.1) is 0 Å². The van der Waals surface area contributed by atoms with Crippen LogP contribution in [0.4, 0.5) is 0 Å². The molecule has 0 spiro atoms. The number of ether oxygens (including phenoxy) is 1. The summed E-state index contributed by atoms with van der Waals surface area (Å²) in [6.45, 7) is 33.5. The molecule has 0 bridgehead atoms. The number of nitrogens with zero attached hydrogens (tertiary/aromatic N) is 2. The first-order valence-electron chi connectivity index (χ1n) is 26.8. The largest absolute Gasteiger partial charge is 0.453 e. The zero-order valence-electron chi connectivity index (χ0n) is 43.4. The van der Waals surface area contributed by atoms with Crippen molar-refractivity contribution in [3.8, 4) is 11.8 Å². The molecule has 7 rings (SSSR count). The lowest BCUT2D eigenvalue weighted by atomic mass is 9.67. The fraction of sp³-hybridized carbons (Fsp3) is 0.733. The highest BCUT2D eigenvalue weighted by Crippen LogP contribution is 2.53. The summed E-state index contributed by atoms with van der Waals surface area (Å²) in [6.07, 6.45) is 19.8. The van der Waals surface area contributed by atoms with Crippen LogP contribution in [0.1, 0.15) is 240 Å². The molecule has 1 aliphatic heterocycles. The molecule has 64 heavy (non-hydrogen) atoms. The van der Waals surface area contributed by atoms with Crippen molar-refractivity contribution in [3.63, 3.8) is 0 Å². The van der Waals surface area contributed by atoms with Crippen molar-refractivity contribution in [1.82, 2.24) is 4.98 Å². The van der Waals surface area contributed by atoms with Crippen LogP contribution in [-0.2, 0) is 10.8 Å². The molecule has 0 amide bonds. The van der Waals surface area contributed by atoms with Gasteiger partial charge in [-0.2, -0.15) is 5.26 Å². The van der Waals surface area contributed by atoms with Gasteiger partial charge in [-0.3, -0.25) is 0 Å². The summed E-state index contributed by atoms with van der Waals surface area (Å²) in [6, 6.07) is 12.7. The smallest absolute Gasteiger partial charge is 0.177 e. The Morgan fingerprint density at radius 3 is 1.48 bits per heavy atom. The minimum atomic E-state index is -0.0615. The van der Waals surface area contributed by atoms with Crippen LogP contribution in [0, 0.1) is 70.5 Å². The van der Waals surface area contributed by atoms with E-state index in [0.717, 1.165) is 47.0 Å². The zero-order valence-corrected chi connectivity index (χ0v) is 43.4. The zero-order chi connectivity index (χ0) is 46.2. The maximum atomic E-state index is 11.7. The monoisotopic (exact) mass is 870 g/mol. The van der Waals surface area contributed by atoms with Gasteiger partial charge in [-0.1, -0.05) is 154 Å². The van der Waals surface area contributed by atoms with E-state index in [1.807, 2.05) is 0 Å². The van der Waals surface area contributed by atoms with Crippen LogP contribution in [0.5, 0.6) is 5.75 Å². The van der Waals surface area contributed by atoms with E-state index in [9.17, 15) is 5.26 Å². The van der Waals surface area contributed by atoms with Crippen LogP contribution in [-0.4, -0.2) is 10.7 Å². The second-order valence-electron chi connectivity index (χ2n) is 25.2. The van der Waals surface area contributed by atoms with Crippen molar-refractivity contribution in [1.29, 1.82) is 5.26 Å². The van der Waals surface area contributed by atoms with E-state index >= 15 is 0 Å². The van der Waals surface area contributed by atoms with Crippen LogP contribution >= 0.6 is 0 Å². The Morgan fingerprint density at radius 2 is 1.00 bits per heavy atom. The first kappa shape index (κ1) is 48.9. The molecule has 4 saturated carbocycles. The number of aromatic nitrogens is 1. The van der Waals surface area contributed by atoms with Crippen LogP contribution in [0.2, 0.25) is 0 Å². The Kier molecular flexibility index (Phi) is 15.3. The number of nitriles is 1. The normalized spacial score (nSPS) is 29.5. The number of hydrogen-bond acceptors (Lipinski definition) is 3. The summed E-state index contributed by atoms with van der Waals surface area (Å²) < 4.78 is 7.88. The molecule has 4 nitrogen and oxygen atoms in total. The van der Waals surface area contributed by atoms with Gasteiger partial charge in [0.05, 0.1) is 17.0 Å². The first-order chi connectivity index (χ1) is 30.3. The van der Waals surface area contributed by atoms with E-state index in [1.54, 1.807) is 0 Å². The van der Waals surface area contributed by atoms with Crippen molar-refractivity contribution >= 4 is 11.5 Å². The van der Waals surface area contributed by atoms with Gasteiger partial charge in [0.25, 0.3) is 0 Å². The van der Waals surface area contributed by atoms with Crippen molar-refractivity contribution in [2.75, 3.05) is 0 Å². The Morgan fingerprint density at radius 1 is 0.578 bits per heavy atom. The summed E-state index contributed by atoms with van der Waals surface area (Å²) >= 11 is 0. The summed E-state index contributed by atoms with van der Waals surface area (Å²) in [7, 11) is 0. The van der Waals surface area contributed by atoms with Gasteiger partial charge in [-0.05, 0) is 156 Å². The minimum Gasteiger partial charge on any atom is -0.453 e. The predicted molar refractivity (Wildman–Crippen MR) is 272 cm³/mol. The number of allylic oxidation sites excluding steroid dienone is 2. The molecule has 8 unspecified atom stereocenters. The number of aromatic amines is 1. The van der Waals surface area contributed by atoms with Crippen molar-refractivity contribution in [2.45, 2.75) is 222 Å². The van der Waals surface area contributed by atoms with E-state index < -0.39 is 0 Å². The van der Waals surface area contributed by atoms with Gasteiger partial charge in [0, 0.05) is 23.1 Å². The molecule has 2 heterocycles. The number of hydrogen-bond donors (Lipinski definition) is 1. The molecule has 1 aromatic carbocycles. The third kappa shape index (κ3) is 10.2. The molecular formula is C60H91N3O. The van der Waals surface area contributed by atoms with Gasteiger partial charge in [0.2, 0.25) is 0 Å². The number of benzene rings is 1.